The Kier molecular flexibility index (Phi) is 4.81. The topological polar surface area (TPSA) is 0 Å². The maximum atomic E-state index is 6.31. The number of hydrogen-bond donors (Lipinski definition) is 0. The van der Waals surface area contributed by atoms with Crippen LogP contribution in [0.1, 0.15) is 70.6 Å². The van der Waals surface area contributed by atoms with Crippen molar-refractivity contribution in [2.24, 2.45) is 11.8 Å². The lowest BCUT2D eigenvalue weighted by atomic mass is 9.90. The zero-order valence-electron chi connectivity index (χ0n) is 9.89. The molecule has 88 valence electrons. The van der Waals surface area contributed by atoms with Gasteiger partial charge >= 0.3 is 0 Å². The van der Waals surface area contributed by atoms with E-state index in [0.717, 1.165) is 11.8 Å². The Morgan fingerprint density at radius 3 is 2.00 bits per heavy atom. The van der Waals surface area contributed by atoms with Crippen LogP contribution in [0, 0.1) is 11.8 Å². The third-order valence-electron chi connectivity index (χ3n) is 4.43. The second-order valence-electron chi connectivity index (χ2n) is 5.71. The van der Waals surface area contributed by atoms with Crippen molar-refractivity contribution in [1.82, 2.24) is 0 Å². The average molecular weight is 229 g/mol. The first-order valence-electron chi connectivity index (χ1n) is 6.98. The van der Waals surface area contributed by atoms with Gasteiger partial charge in [-0.05, 0) is 24.7 Å². The number of halogens is 1. The minimum Gasteiger partial charge on any atom is -0.123 e. The van der Waals surface area contributed by atoms with E-state index in [-0.39, 0.29) is 0 Å². The summed E-state index contributed by atoms with van der Waals surface area (Å²) in [5.41, 5.74) is 0. The van der Waals surface area contributed by atoms with Gasteiger partial charge in [0.25, 0.3) is 0 Å². The molecule has 0 radical (unpaired) electrons. The Hall–Kier alpha value is 0.290. The molecule has 2 unspecified atom stereocenters. The Balaban J connectivity index is 1.67. The quantitative estimate of drug-likeness (QED) is 0.463. The van der Waals surface area contributed by atoms with Crippen LogP contribution in [-0.4, -0.2) is 5.38 Å². The summed E-state index contributed by atoms with van der Waals surface area (Å²) >= 11 is 6.31. The van der Waals surface area contributed by atoms with Crippen molar-refractivity contribution in [1.29, 1.82) is 0 Å². The van der Waals surface area contributed by atoms with Gasteiger partial charge in [0.05, 0.1) is 0 Å². The van der Waals surface area contributed by atoms with E-state index in [1.54, 1.807) is 0 Å². The average Bonchev–Trinajstić information content (AvgIpc) is 2.65. The van der Waals surface area contributed by atoms with Gasteiger partial charge in [0, 0.05) is 5.38 Å². The highest BCUT2D eigenvalue weighted by Crippen LogP contribution is 2.34. The van der Waals surface area contributed by atoms with Crippen LogP contribution in [-0.2, 0) is 0 Å². The molecule has 0 amide bonds. The second kappa shape index (κ2) is 6.13. The van der Waals surface area contributed by atoms with Crippen LogP contribution in [0.3, 0.4) is 0 Å². The van der Waals surface area contributed by atoms with E-state index in [9.17, 15) is 0 Å². The van der Waals surface area contributed by atoms with E-state index < -0.39 is 0 Å². The molecule has 1 heteroatoms. The predicted octanol–water partition coefficient (Wildman–Crippen LogP) is 5.14. The van der Waals surface area contributed by atoms with Crippen molar-refractivity contribution < 1.29 is 0 Å². The van der Waals surface area contributed by atoms with Crippen molar-refractivity contribution >= 4 is 11.6 Å². The van der Waals surface area contributed by atoms with E-state index in [1.165, 1.54) is 70.6 Å². The second-order valence-corrected chi connectivity index (χ2v) is 6.33. The summed E-state index contributed by atoms with van der Waals surface area (Å²) in [4.78, 5) is 0. The Morgan fingerprint density at radius 1 is 0.733 bits per heavy atom. The van der Waals surface area contributed by atoms with E-state index in [0.29, 0.717) is 5.38 Å². The molecule has 0 bridgehead atoms. The summed E-state index contributed by atoms with van der Waals surface area (Å²) in [5, 5.41) is 0.487. The van der Waals surface area contributed by atoms with Crippen molar-refractivity contribution in [3.63, 3.8) is 0 Å². The zero-order valence-corrected chi connectivity index (χ0v) is 10.6. The lowest BCUT2D eigenvalue weighted by Crippen LogP contribution is -2.07. The molecule has 2 fully saturated rings. The molecule has 0 nitrogen and oxygen atoms in total. The molecule has 0 saturated heterocycles. The Morgan fingerprint density at radius 2 is 1.27 bits per heavy atom. The minimum absolute atomic E-state index is 0.487. The summed E-state index contributed by atoms with van der Waals surface area (Å²) < 4.78 is 0. The highest BCUT2D eigenvalue weighted by atomic mass is 35.5. The number of hydrogen-bond acceptors (Lipinski definition) is 0. The summed E-state index contributed by atoms with van der Waals surface area (Å²) in [6.45, 7) is 0. The monoisotopic (exact) mass is 228 g/mol. The highest BCUT2D eigenvalue weighted by Gasteiger charge is 2.21. The standard InChI is InChI=1S/C14H25Cl/c15-14-8-4-3-7-13(11-14)10-9-12-5-1-2-6-12/h12-14H,1-11H2. The van der Waals surface area contributed by atoms with Crippen LogP contribution >= 0.6 is 11.6 Å². The maximum absolute atomic E-state index is 6.31. The fraction of sp³-hybridized carbons (Fsp3) is 1.00. The normalized spacial score (nSPS) is 34.2. The first-order chi connectivity index (χ1) is 7.34. The van der Waals surface area contributed by atoms with Gasteiger partial charge in [-0.15, -0.1) is 11.6 Å². The summed E-state index contributed by atoms with van der Waals surface area (Å²) in [5.74, 6) is 2.03. The molecule has 2 aliphatic carbocycles. The molecule has 2 saturated carbocycles. The molecular formula is C14H25Cl. The van der Waals surface area contributed by atoms with Crippen LogP contribution < -0.4 is 0 Å². The fourth-order valence-electron chi connectivity index (χ4n) is 3.43. The van der Waals surface area contributed by atoms with E-state index >= 15 is 0 Å². The van der Waals surface area contributed by atoms with Gasteiger partial charge in [0.15, 0.2) is 0 Å². The third-order valence-corrected chi connectivity index (χ3v) is 4.82. The van der Waals surface area contributed by atoms with Gasteiger partial charge < -0.3 is 0 Å². The molecule has 0 aromatic heterocycles. The minimum atomic E-state index is 0.487. The molecule has 0 aliphatic heterocycles. The SMILES string of the molecule is ClC1CCCCC(CCC2CCCC2)C1. The van der Waals surface area contributed by atoms with Crippen molar-refractivity contribution in [3.8, 4) is 0 Å². The Bertz CT molecular complexity index is 172. The lowest BCUT2D eigenvalue weighted by molar-refractivity contribution is 0.367. The molecule has 2 atom stereocenters. The van der Waals surface area contributed by atoms with Crippen molar-refractivity contribution in [3.05, 3.63) is 0 Å². The van der Waals surface area contributed by atoms with Gasteiger partial charge in [-0.1, -0.05) is 57.8 Å². The van der Waals surface area contributed by atoms with Crippen LogP contribution in [0.15, 0.2) is 0 Å². The van der Waals surface area contributed by atoms with Gasteiger partial charge in [0.1, 0.15) is 0 Å². The maximum Gasteiger partial charge on any atom is 0.0338 e. The van der Waals surface area contributed by atoms with Crippen LogP contribution in [0.4, 0.5) is 0 Å². The van der Waals surface area contributed by atoms with E-state index in [4.69, 9.17) is 11.6 Å². The van der Waals surface area contributed by atoms with E-state index in [1.807, 2.05) is 0 Å². The summed E-state index contributed by atoms with van der Waals surface area (Å²) in [6, 6.07) is 0. The lowest BCUT2D eigenvalue weighted by Gasteiger charge is -2.18. The molecule has 2 rings (SSSR count). The van der Waals surface area contributed by atoms with Crippen molar-refractivity contribution in [2.45, 2.75) is 76.0 Å². The first kappa shape index (κ1) is 11.8. The highest BCUT2D eigenvalue weighted by molar-refractivity contribution is 6.20. The van der Waals surface area contributed by atoms with Crippen LogP contribution in [0.25, 0.3) is 0 Å². The van der Waals surface area contributed by atoms with Gasteiger partial charge in [-0.3, -0.25) is 0 Å². The summed E-state index contributed by atoms with van der Waals surface area (Å²) in [6.07, 6.45) is 15.8. The van der Waals surface area contributed by atoms with Crippen molar-refractivity contribution in [2.75, 3.05) is 0 Å². The molecule has 0 aromatic carbocycles. The van der Waals surface area contributed by atoms with Gasteiger partial charge in [-0.25, -0.2) is 0 Å². The molecule has 2 aliphatic rings. The number of alkyl halides is 1. The van der Waals surface area contributed by atoms with Gasteiger partial charge in [0.2, 0.25) is 0 Å². The molecule has 0 aromatic rings. The number of rotatable bonds is 3. The Labute approximate surface area is 99.8 Å². The molecule has 0 spiro atoms. The zero-order chi connectivity index (χ0) is 10.5. The van der Waals surface area contributed by atoms with E-state index in [2.05, 4.69) is 0 Å². The molecular weight excluding hydrogens is 204 g/mol. The first-order valence-corrected chi connectivity index (χ1v) is 7.42. The molecule has 0 N–H and O–H groups in total. The summed E-state index contributed by atoms with van der Waals surface area (Å²) in [7, 11) is 0. The third kappa shape index (κ3) is 3.98. The fourth-order valence-corrected chi connectivity index (χ4v) is 3.84. The molecule has 15 heavy (non-hydrogen) atoms. The predicted molar refractivity (Wildman–Crippen MR) is 67.4 cm³/mol. The van der Waals surface area contributed by atoms with Gasteiger partial charge in [-0.2, -0.15) is 0 Å². The largest absolute Gasteiger partial charge is 0.123 e. The smallest absolute Gasteiger partial charge is 0.0338 e. The molecule has 0 heterocycles. The van der Waals surface area contributed by atoms with Crippen LogP contribution in [0.5, 0.6) is 0 Å². The van der Waals surface area contributed by atoms with Crippen LogP contribution in [0.2, 0.25) is 0 Å².